The van der Waals surface area contributed by atoms with Crippen molar-refractivity contribution < 1.29 is 9.53 Å². The van der Waals surface area contributed by atoms with E-state index in [9.17, 15) is 4.79 Å². The van der Waals surface area contributed by atoms with E-state index in [4.69, 9.17) is 4.74 Å². The number of hydrogen-bond donors (Lipinski definition) is 0. The molecule has 0 fully saturated rings. The highest BCUT2D eigenvalue weighted by atomic mass is 16.5. The van der Waals surface area contributed by atoms with Crippen molar-refractivity contribution in [3.05, 3.63) is 0 Å². The van der Waals surface area contributed by atoms with Crippen LogP contribution in [0.5, 0.6) is 0 Å². The molecule has 0 bridgehead atoms. The Hall–Kier alpha value is -0.370. The molecule has 2 heteroatoms. The van der Waals surface area contributed by atoms with Gasteiger partial charge in [-0.3, -0.25) is 4.79 Å². The molecule has 0 aliphatic heterocycles. The van der Waals surface area contributed by atoms with Crippen LogP contribution < -0.4 is 0 Å². The van der Waals surface area contributed by atoms with Gasteiger partial charge >= 0.3 is 0 Å². The van der Waals surface area contributed by atoms with Gasteiger partial charge in [0.05, 0.1) is 6.61 Å². The summed E-state index contributed by atoms with van der Waals surface area (Å²) >= 11 is 0. The lowest BCUT2D eigenvalue weighted by molar-refractivity contribution is -0.122. The summed E-state index contributed by atoms with van der Waals surface area (Å²) in [6.45, 7) is 4.16. The highest BCUT2D eigenvalue weighted by molar-refractivity contribution is 5.78. The maximum absolute atomic E-state index is 10.7. The van der Waals surface area contributed by atoms with Crippen LogP contribution >= 0.6 is 0 Å². The number of carbonyl (C=O) groups excluding carboxylic acids is 1. The molecule has 0 radical (unpaired) electrons. The number of rotatable bonds is 4. The first kappa shape index (κ1) is 8.63. The second-order valence-electron chi connectivity index (χ2n) is 2.17. The molecule has 0 aromatic heterocycles. The quantitative estimate of drug-likeness (QED) is 0.572. The van der Waals surface area contributed by atoms with Crippen LogP contribution in [0.15, 0.2) is 0 Å². The zero-order valence-electron chi connectivity index (χ0n) is 6.31. The Kier molecular flexibility index (Phi) is 4.32. The number of methoxy groups -OCH3 is 1. The van der Waals surface area contributed by atoms with Crippen LogP contribution in [0.1, 0.15) is 20.3 Å². The minimum absolute atomic E-state index is 0.106. The molecule has 0 saturated heterocycles. The molecule has 0 N–H and O–H groups in total. The van der Waals surface area contributed by atoms with Crippen molar-refractivity contribution in [3.8, 4) is 0 Å². The van der Waals surface area contributed by atoms with Gasteiger partial charge in [-0.1, -0.05) is 6.92 Å². The predicted octanol–water partition coefficient (Wildman–Crippen LogP) is 1.25. The van der Waals surface area contributed by atoms with Crippen LogP contribution in [0.2, 0.25) is 0 Å². The van der Waals surface area contributed by atoms with Gasteiger partial charge in [-0.25, -0.2) is 0 Å². The summed E-state index contributed by atoms with van der Waals surface area (Å²) in [7, 11) is 1.62. The number of ether oxygens (including phenoxy) is 1. The maximum Gasteiger partial charge on any atom is 0.135 e. The molecule has 0 spiro atoms. The Bertz CT molecular complexity index is 88.9. The van der Waals surface area contributed by atoms with Gasteiger partial charge in [0.25, 0.3) is 0 Å². The molecule has 0 aromatic rings. The molecule has 0 amide bonds. The highest BCUT2D eigenvalue weighted by Gasteiger charge is 2.09. The van der Waals surface area contributed by atoms with Gasteiger partial charge in [0, 0.05) is 13.0 Å². The molecule has 0 saturated carbocycles. The molecule has 1 atom stereocenters. The zero-order chi connectivity index (χ0) is 7.28. The summed E-state index contributed by atoms with van der Waals surface area (Å²) < 4.78 is 4.84. The van der Waals surface area contributed by atoms with Crippen LogP contribution in [0.3, 0.4) is 0 Å². The molecular formula is C7H14O2. The summed E-state index contributed by atoms with van der Waals surface area (Å²) in [6, 6.07) is 0. The van der Waals surface area contributed by atoms with Crippen molar-refractivity contribution in [2.24, 2.45) is 5.92 Å². The second-order valence-corrected chi connectivity index (χ2v) is 2.17. The van der Waals surface area contributed by atoms with Gasteiger partial charge in [-0.15, -0.1) is 0 Å². The zero-order valence-corrected chi connectivity index (χ0v) is 6.31. The number of ketones is 1. The van der Waals surface area contributed by atoms with Crippen molar-refractivity contribution in [1.82, 2.24) is 0 Å². The molecule has 0 aromatic carbocycles. The smallest absolute Gasteiger partial charge is 0.135 e. The molecule has 0 rings (SSSR count). The number of hydrogen-bond acceptors (Lipinski definition) is 2. The second kappa shape index (κ2) is 4.50. The Labute approximate surface area is 56.2 Å². The molecule has 9 heavy (non-hydrogen) atoms. The summed E-state index contributed by atoms with van der Waals surface area (Å²) in [5.41, 5.74) is 0. The van der Waals surface area contributed by atoms with E-state index in [0.717, 1.165) is 6.42 Å². The Morgan fingerprint density at radius 2 is 2.22 bits per heavy atom. The molecular weight excluding hydrogens is 116 g/mol. The van der Waals surface area contributed by atoms with E-state index in [0.29, 0.717) is 6.61 Å². The van der Waals surface area contributed by atoms with Gasteiger partial charge in [-0.05, 0) is 13.3 Å². The Morgan fingerprint density at radius 1 is 1.67 bits per heavy atom. The van der Waals surface area contributed by atoms with Gasteiger partial charge < -0.3 is 4.74 Å². The van der Waals surface area contributed by atoms with Crippen LogP contribution in [-0.4, -0.2) is 19.5 Å². The van der Waals surface area contributed by atoms with E-state index >= 15 is 0 Å². The minimum atomic E-state index is 0.106. The van der Waals surface area contributed by atoms with Gasteiger partial charge in [0.15, 0.2) is 0 Å². The fourth-order valence-electron chi connectivity index (χ4n) is 0.724. The predicted molar refractivity (Wildman–Crippen MR) is 36.3 cm³/mol. The average Bonchev–Trinajstić information content (AvgIpc) is 1.82. The number of Topliss-reactive ketones (excluding diaryl/α,β-unsaturated/α-hetero) is 1. The fourth-order valence-corrected chi connectivity index (χ4v) is 0.724. The lowest BCUT2D eigenvalue weighted by Gasteiger charge is -2.07. The van der Waals surface area contributed by atoms with Crippen LogP contribution in [-0.2, 0) is 9.53 Å². The van der Waals surface area contributed by atoms with E-state index in [1.165, 1.54) is 0 Å². The van der Waals surface area contributed by atoms with E-state index in [-0.39, 0.29) is 11.7 Å². The van der Waals surface area contributed by atoms with Gasteiger partial charge in [-0.2, -0.15) is 0 Å². The van der Waals surface area contributed by atoms with Gasteiger partial charge in [0.1, 0.15) is 5.78 Å². The minimum Gasteiger partial charge on any atom is -0.384 e. The lowest BCUT2D eigenvalue weighted by Crippen LogP contribution is -2.15. The monoisotopic (exact) mass is 130 g/mol. The molecule has 1 unspecified atom stereocenters. The highest BCUT2D eigenvalue weighted by Crippen LogP contribution is 2.02. The normalized spacial score (nSPS) is 13.2. The SMILES string of the molecule is CCC(COC)C(C)=O. The largest absolute Gasteiger partial charge is 0.384 e. The first-order valence-electron chi connectivity index (χ1n) is 3.21. The molecule has 0 heterocycles. The van der Waals surface area contributed by atoms with E-state index < -0.39 is 0 Å². The standard InChI is InChI=1S/C7H14O2/c1-4-7(5-9-3)6(2)8/h7H,4-5H2,1-3H3. The molecule has 0 aliphatic rings. The first-order chi connectivity index (χ1) is 4.22. The van der Waals surface area contributed by atoms with Crippen molar-refractivity contribution in [2.45, 2.75) is 20.3 Å². The lowest BCUT2D eigenvalue weighted by atomic mass is 10.0. The van der Waals surface area contributed by atoms with Crippen molar-refractivity contribution in [3.63, 3.8) is 0 Å². The van der Waals surface area contributed by atoms with Crippen LogP contribution in [0.4, 0.5) is 0 Å². The topological polar surface area (TPSA) is 26.3 Å². The Morgan fingerprint density at radius 3 is 2.33 bits per heavy atom. The third kappa shape index (κ3) is 3.25. The molecule has 2 nitrogen and oxygen atoms in total. The Balaban J connectivity index is 3.54. The molecule has 54 valence electrons. The van der Waals surface area contributed by atoms with Gasteiger partial charge in [0.2, 0.25) is 0 Å². The third-order valence-corrected chi connectivity index (χ3v) is 1.44. The third-order valence-electron chi connectivity index (χ3n) is 1.44. The van der Waals surface area contributed by atoms with Crippen molar-refractivity contribution in [1.29, 1.82) is 0 Å². The van der Waals surface area contributed by atoms with E-state index in [1.54, 1.807) is 14.0 Å². The van der Waals surface area contributed by atoms with E-state index in [2.05, 4.69) is 0 Å². The van der Waals surface area contributed by atoms with Crippen LogP contribution in [0.25, 0.3) is 0 Å². The number of carbonyl (C=O) groups is 1. The maximum atomic E-state index is 10.7. The van der Waals surface area contributed by atoms with Crippen molar-refractivity contribution >= 4 is 5.78 Å². The summed E-state index contributed by atoms with van der Waals surface area (Å²) in [5, 5.41) is 0. The first-order valence-corrected chi connectivity index (χ1v) is 3.21. The van der Waals surface area contributed by atoms with Crippen LogP contribution in [0, 0.1) is 5.92 Å². The summed E-state index contributed by atoms with van der Waals surface area (Å²) in [4.78, 5) is 10.7. The summed E-state index contributed by atoms with van der Waals surface area (Å²) in [6.07, 6.45) is 0.878. The van der Waals surface area contributed by atoms with Crippen molar-refractivity contribution in [2.75, 3.05) is 13.7 Å². The fraction of sp³-hybridized carbons (Fsp3) is 0.857. The average molecular weight is 130 g/mol. The summed E-state index contributed by atoms with van der Waals surface area (Å²) in [5.74, 6) is 0.328. The van der Waals surface area contributed by atoms with E-state index in [1.807, 2.05) is 6.92 Å². The molecule has 0 aliphatic carbocycles.